The minimum absolute atomic E-state index is 0.0125. The Bertz CT molecular complexity index is 1140. The number of benzene rings is 2. The second-order valence-corrected chi connectivity index (χ2v) is 9.29. The second-order valence-electron chi connectivity index (χ2n) is 9.29. The lowest BCUT2D eigenvalue weighted by Gasteiger charge is -2.29. The molecule has 4 rings (SSSR count). The maximum Gasteiger partial charge on any atom is 0.266 e. The van der Waals surface area contributed by atoms with Gasteiger partial charge in [0.1, 0.15) is 12.4 Å². The second kappa shape index (κ2) is 12.6. The van der Waals surface area contributed by atoms with Crippen molar-refractivity contribution in [1.29, 1.82) is 0 Å². The van der Waals surface area contributed by atoms with Crippen molar-refractivity contribution in [2.24, 2.45) is 10.1 Å². The fourth-order valence-corrected chi connectivity index (χ4v) is 4.46. The van der Waals surface area contributed by atoms with Gasteiger partial charge in [0, 0.05) is 41.7 Å². The summed E-state index contributed by atoms with van der Waals surface area (Å²) in [5.74, 6) is 0.636. The lowest BCUT2D eigenvalue weighted by atomic mass is 9.90. The minimum atomic E-state index is -1.28. The molecule has 0 saturated heterocycles. The minimum Gasteiger partial charge on any atom is -0.494 e. The number of aliphatic hydroxyl groups is 2. The van der Waals surface area contributed by atoms with Gasteiger partial charge in [-0.25, -0.2) is 10.4 Å². The van der Waals surface area contributed by atoms with E-state index >= 15 is 0 Å². The van der Waals surface area contributed by atoms with Gasteiger partial charge < -0.3 is 19.7 Å². The van der Waals surface area contributed by atoms with Crippen LogP contribution < -0.4 is 15.6 Å². The number of nitrogens with zero attached hydrogens (tertiary/aromatic N) is 4. The van der Waals surface area contributed by atoms with E-state index in [0.29, 0.717) is 54.3 Å². The molecule has 11 nitrogen and oxygen atoms in total. The zero-order valence-electron chi connectivity index (χ0n) is 20.5. The van der Waals surface area contributed by atoms with E-state index in [0.717, 1.165) is 12.8 Å². The van der Waals surface area contributed by atoms with Crippen LogP contribution >= 0.6 is 0 Å². The van der Waals surface area contributed by atoms with Crippen LogP contribution in [0.25, 0.3) is 10.4 Å². The molecular formula is C26H32N6O5. The highest BCUT2D eigenvalue weighted by Gasteiger charge is 2.45. The molecule has 4 N–H and O–H groups in total. The Morgan fingerprint density at radius 3 is 2.68 bits per heavy atom. The van der Waals surface area contributed by atoms with Crippen LogP contribution in [0.4, 0.5) is 5.69 Å². The molecule has 1 saturated carbocycles. The largest absolute Gasteiger partial charge is 0.494 e. The summed E-state index contributed by atoms with van der Waals surface area (Å²) in [6, 6.07) is 14.3. The molecule has 2 aliphatic rings. The van der Waals surface area contributed by atoms with Gasteiger partial charge in [-0.15, -0.1) is 0 Å². The molecule has 11 heteroatoms. The smallest absolute Gasteiger partial charge is 0.266 e. The number of rotatable bonds is 11. The molecule has 196 valence electrons. The van der Waals surface area contributed by atoms with Crippen molar-refractivity contribution in [3.05, 3.63) is 70.1 Å². The number of carbonyl (C=O) groups excluding carboxylic acids is 1. The first-order valence-corrected chi connectivity index (χ1v) is 12.5. The summed E-state index contributed by atoms with van der Waals surface area (Å²) in [5, 5.41) is 22.5. The van der Waals surface area contributed by atoms with Crippen molar-refractivity contribution in [3.8, 4) is 5.75 Å². The summed E-state index contributed by atoms with van der Waals surface area (Å²) in [7, 11) is 0. The lowest BCUT2D eigenvalue weighted by Crippen LogP contribution is -2.55. The molecule has 0 bridgehead atoms. The standard InChI is InChI=1S/C26H32N6O5/c27-32-30-23-5-2-1-4-19(23)16-26(25(35)31-29-20-8-10-21(34)11-9-20)17-37-24(28-26)18-6-12-22(13-7-18)36-15-3-14-33/h1-2,4-7,12-13,20-21,29,33-34H,3,8-11,14-17H2,(H,31,35)/t20?,21?,26-/m0/s1. The van der Waals surface area contributed by atoms with Crippen molar-refractivity contribution < 1.29 is 24.5 Å². The highest BCUT2D eigenvalue weighted by Crippen LogP contribution is 2.31. The quantitative estimate of drug-likeness (QED) is 0.120. The fraction of sp³-hybridized carbons (Fsp3) is 0.462. The molecule has 37 heavy (non-hydrogen) atoms. The van der Waals surface area contributed by atoms with Gasteiger partial charge in [-0.2, -0.15) is 0 Å². The van der Waals surface area contributed by atoms with E-state index in [4.69, 9.17) is 25.1 Å². The number of ether oxygens (including phenoxy) is 2. The Labute approximate surface area is 215 Å². The lowest BCUT2D eigenvalue weighted by molar-refractivity contribution is -0.128. The molecule has 2 aromatic carbocycles. The highest BCUT2D eigenvalue weighted by molar-refractivity contribution is 6.00. The van der Waals surface area contributed by atoms with Crippen molar-refractivity contribution in [2.75, 3.05) is 19.8 Å². The maximum absolute atomic E-state index is 13.6. The van der Waals surface area contributed by atoms with E-state index < -0.39 is 5.54 Å². The molecule has 1 aliphatic heterocycles. The fourth-order valence-electron chi connectivity index (χ4n) is 4.46. The third-order valence-electron chi connectivity index (χ3n) is 6.57. The van der Waals surface area contributed by atoms with Gasteiger partial charge >= 0.3 is 0 Å². The van der Waals surface area contributed by atoms with Crippen LogP contribution in [0.2, 0.25) is 0 Å². The van der Waals surface area contributed by atoms with Crippen molar-refractivity contribution in [1.82, 2.24) is 10.9 Å². The first-order chi connectivity index (χ1) is 18.0. The number of aliphatic imine (C=N–C) groups is 1. The number of amides is 1. The molecule has 1 atom stereocenters. The molecular weight excluding hydrogens is 476 g/mol. The first kappa shape index (κ1) is 26.4. The monoisotopic (exact) mass is 508 g/mol. The average Bonchev–Trinajstić information content (AvgIpc) is 3.35. The summed E-state index contributed by atoms with van der Waals surface area (Å²) in [5.41, 5.74) is 15.4. The van der Waals surface area contributed by atoms with Crippen LogP contribution in [0.3, 0.4) is 0 Å². The molecule has 1 heterocycles. The van der Waals surface area contributed by atoms with Crippen molar-refractivity contribution in [3.63, 3.8) is 0 Å². The van der Waals surface area contributed by atoms with E-state index in [1.54, 1.807) is 42.5 Å². The summed E-state index contributed by atoms with van der Waals surface area (Å²) >= 11 is 0. The molecule has 2 aromatic rings. The van der Waals surface area contributed by atoms with Gasteiger partial charge in [0.05, 0.1) is 12.7 Å². The van der Waals surface area contributed by atoms with Crippen LogP contribution in [0.5, 0.6) is 5.75 Å². The summed E-state index contributed by atoms with van der Waals surface area (Å²) in [6.07, 6.45) is 3.30. The zero-order chi connectivity index (χ0) is 26.1. The Kier molecular flexibility index (Phi) is 8.97. The molecule has 0 spiro atoms. The van der Waals surface area contributed by atoms with E-state index in [2.05, 4.69) is 20.9 Å². The number of azide groups is 1. The first-order valence-electron chi connectivity index (χ1n) is 12.5. The van der Waals surface area contributed by atoms with Gasteiger partial charge in [0.2, 0.25) is 5.90 Å². The van der Waals surface area contributed by atoms with Crippen molar-refractivity contribution >= 4 is 17.5 Å². The maximum atomic E-state index is 13.6. The third kappa shape index (κ3) is 6.78. The Morgan fingerprint density at radius 2 is 1.95 bits per heavy atom. The number of hydrazine groups is 1. The Balaban J connectivity index is 1.56. The highest BCUT2D eigenvalue weighted by atomic mass is 16.5. The number of aliphatic hydroxyl groups excluding tert-OH is 2. The summed E-state index contributed by atoms with van der Waals surface area (Å²) in [6.45, 7) is 0.486. The van der Waals surface area contributed by atoms with Crippen LogP contribution in [0.1, 0.15) is 43.2 Å². The number of hydrogen-bond donors (Lipinski definition) is 4. The van der Waals surface area contributed by atoms with E-state index in [1.165, 1.54) is 0 Å². The molecule has 1 fully saturated rings. The number of nitrogens with one attached hydrogen (secondary N) is 2. The third-order valence-corrected chi connectivity index (χ3v) is 6.57. The predicted octanol–water partition coefficient (Wildman–Crippen LogP) is 3.07. The molecule has 1 aliphatic carbocycles. The summed E-state index contributed by atoms with van der Waals surface area (Å²) < 4.78 is 11.5. The topological polar surface area (TPSA) is 161 Å². The van der Waals surface area contributed by atoms with E-state index in [-0.39, 0.29) is 37.7 Å². The Hall–Kier alpha value is -3.63. The van der Waals surface area contributed by atoms with Gasteiger partial charge in [-0.1, -0.05) is 29.4 Å². The average molecular weight is 509 g/mol. The van der Waals surface area contributed by atoms with Crippen LogP contribution in [0, 0.1) is 0 Å². The molecule has 0 unspecified atom stereocenters. The normalized spacial score (nSPS) is 22.9. The Morgan fingerprint density at radius 1 is 1.19 bits per heavy atom. The number of hydrogen-bond acceptors (Lipinski definition) is 8. The van der Waals surface area contributed by atoms with E-state index in [9.17, 15) is 9.90 Å². The van der Waals surface area contributed by atoms with Gasteiger partial charge in [0.25, 0.3) is 5.91 Å². The number of carbonyl (C=O) groups is 1. The SMILES string of the molecule is [N-]=[N+]=Nc1ccccc1C[C@@]1(C(=O)NNC2CCC(O)CC2)COC(c2ccc(OCCCO)cc2)=N1. The van der Waals surface area contributed by atoms with Gasteiger partial charge in [-0.05, 0) is 61.0 Å². The molecule has 1 amide bonds. The van der Waals surface area contributed by atoms with Crippen LogP contribution in [0.15, 0.2) is 58.6 Å². The summed E-state index contributed by atoms with van der Waals surface area (Å²) in [4.78, 5) is 21.2. The molecule has 0 radical (unpaired) electrons. The van der Waals surface area contributed by atoms with Gasteiger partial charge in [-0.3, -0.25) is 10.2 Å². The van der Waals surface area contributed by atoms with Crippen LogP contribution in [-0.2, 0) is 16.0 Å². The van der Waals surface area contributed by atoms with Gasteiger partial charge in [0.15, 0.2) is 5.54 Å². The molecule has 0 aromatic heterocycles. The zero-order valence-corrected chi connectivity index (χ0v) is 20.5. The van der Waals surface area contributed by atoms with Crippen LogP contribution in [-0.4, -0.2) is 59.5 Å². The van der Waals surface area contributed by atoms with Crippen molar-refractivity contribution in [2.45, 2.75) is 56.2 Å². The van der Waals surface area contributed by atoms with E-state index in [1.807, 2.05) is 6.07 Å². The predicted molar refractivity (Wildman–Crippen MR) is 137 cm³/mol.